The zero-order valence-electron chi connectivity index (χ0n) is 20.6. The van der Waals surface area contributed by atoms with Gasteiger partial charge in [-0.2, -0.15) is 0 Å². The maximum absolute atomic E-state index is 13.0. The second-order valence-corrected chi connectivity index (χ2v) is 11.9. The molecule has 7 atom stereocenters. The van der Waals surface area contributed by atoms with Gasteiger partial charge in [0.15, 0.2) is 0 Å². The van der Waals surface area contributed by atoms with Crippen molar-refractivity contribution in [3.63, 3.8) is 0 Å². The highest BCUT2D eigenvalue weighted by molar-refractivity contribution is 8.03. The van der Waals surface area contributed by atoms with Gasteiger partial charge in [-0.3, -0.25) is 9.59 Å². The maximum Gasteiger partial charge on any atom is 0.353 e. The Kier molecular flexibility index (Phi) is 7.13. The van der Waals surface area contributed by atoms with Gasteiger partial charge in [0.25, 0.3) is 0 Å². The number of β-lactam (4-membered cyclic amide) rings is 1. The second kappa shape index (κ2) is 9.62. The number of likely N-dealkylation sites (tertiary alicyclic amines) is 1. The number of carboxylic acids is 1. The van der Waals surface area contributed by atoms with Crippen LogP contribution in [-0.4, -0.2) is 100 Å². The molecule has 34 heavy (non-hydrogen) atoms. The molecule has 2 amide bonds. The van der Waals surface area contributed by atoms with E-state index in [0.29, 0.717) is 25.4 Å². The first-order valence-corrected chi connectivity index (χ1v) is 13.0. The third kappa shape index (κ3) is 4.40. The van der Waals surface area contributed by atoms with Crippen molar-refractivity contribution in [3.8, 4) is 0 Å². The minimum absolute atomic E-state index is 0.0352. The number of aliphatic carboxylic acids is 1. The van der Waals surface area contributed by atoms with Crippen LogP contribution in [0.1, 0.15) is 40.0 Å². The van der Waals surface area contributed by atoms with Crippen LogP contribution in [0, 0.1) is 17.8 Å². The van der Waals surface area contributed by atoms with Crippen LogP contribution in [0.15, 0.2) is 10.6 Å². The monoisotopic (exact) mass is 492 g/mol. The highest BCUT2D eigenvalue weighted by Crippen LogP contribution is 2.53. The van der Waals surface area contributed by atoms with E-state index in [2.05, 4.69) is 10.2 Å². The zero-order chi connectivity index (χ0) is 24.9. The van der Waals surface area contributed by atoms with Gasteiger partial charge in [0.2, 0.25) is 11.8 Å². The summed E-state index contributed by atoms with van der Waals surface area (Å²) in [4.78, 5) is 56.0. The predicted octanol–water partition coefficient (Wildman–Crippen LogP) is 1.00. The number of nitrogens with one attached hydrogen (secondary N) is 1. The van der Waals surface area contributed by atoms with E-state index in [-0.39, 0.29) is 58.4 Å². The fourth-order valence-corrected chi connectivity index (χ4v) is 7.57. The van der Waals surface area contributed by atoms with Crippen LogP contribution >= 0.6 is 11.8 Å². The summed E-state index contributed by atoms with van der Waals surface area (Å²) in [5.74, 6) is -1.68. The van der Waals surface area contributed by atoms with Gasteiger partial charge < -0.3 is 29.9 Å². The molecule has 0 aromatic heterocycles. The summed E-state index contributed by atoms with van der Waals surface area (Å²) in [5.41, 5.74) is 0.0851. The first-order chi connectivity index (χ1) is 16.0. The smallest absolute Gasteiger partial charge is 0.353 e. The fraction of sp³-hybridized carbons (Fsp3) is 0.750. The number of ketones is 1. The summed E-state index contributed by atoms with van der Waals surface area (Å²) in [5, 5.41) is 13.3. The third-order valence-electron chi connectivity index (χ3n) is 7.90. The molecule has 4 aliphatic rings. The van der Waals surface area contributed by atoms with Crippen molar-refractivity contribution in [2.75, 3.05) is 33.7 Å². The van der Waals surface area contributed by atoms with Gasteiger partial charge in [0, 0.05) is 48.2 Å². The molecule has 0 aliphatic carbocycles. The summed E-state index contributed by atoms with van der Waals surface area (Å²) < 4.78 is 0. The van der Waals surface area contributed by atoms with Crippen LogP contribution in [-0.2, 0) is 19.2 Å². The topological polar surface area (TPSA) is 110 Å². The lowest BCUT2D eigenvalue weighted by molar-refractivity contribution is -0.160. The van der Waals surface area contributed by atoms with E-state index < -0.39 is 5.97 Å². The van der Waals surface area contributed by atoms with Crippen molar-refractivity contribution in [2.24, 2.45) is 17.8 Å². The summed E-state index contributed by atoms with van der Waals surface area (Å²) in [6, 6.07) is -0.0839. The molecule has 0 saturated carbocycles. The normalized spacial score (nSPS) is 34.0. The van der Waals surface area contributed by atoms with E-state index in [0.717, 1.165) is 24.4 Å². The fourth-order valence-electron chi connectivity index (χ4n) is 6.09. The van der Waals surface area contributed by atoms with Crippen molar-refractivity contribution in [3.05, 3.63) is 10.6 Å². The highest BCUT2D eigenvalue weighted by Gasteiger charge is 2.60. The SMILES string of the molecule is CC(=O)C[C@H](C)[C@H]1C(=O)N2C(C(=O)O)=C(SC3CNC(C(=O)N4CC[C@H](N(C)C)C4)C3)[C@H](C)[C@H]12. The minimum Gasteiger partial charge on any atom is -0.477 e. The first kappa shape index (κ1) is 25.2. The summed E-state index contributed by atoms with van der Waals surface area (Å²) in [6.07, 6.45) is 1.93. The molecule has 3 fully saturated rings. The number of carbonyl (C=O) groups excluding carboxylic acids is 3. The van der Waals surface area contributed by atoms with Crippen molar-refractivity contribution < 1.29 is 24.3 Å². The molecular weight excluding hydrogens is 456 g/mol. The molecule has 0 radical (unpaired) electrons. The number of fused-ring (bicyclic) bond motifs is 1. The summed E-state index contributed by atoms with van der Waals surface area (Å²) >= 11 is 1.50. The van der Waals surface area contributed by atoms with E-state index in [4.69, 9.17) is 0 Å². The number of rotatable bonds is 8. The number of thioether (sulfide) groups is 1. The van der Waals surface area contributed by atoms with E-state index in [1.165, 1.54) is 23.6 Å². The molecule has 4 rings (SSSR count). The van der Waals surface area contributed by atoms with Gasteiger partial charge in [0.1, 0.15) is 11.5 Å². The molecule has 0 aromatic rings. The van der Waals surface area contributed by atoms with Crippen LogP contribution in [0.25, 0.3) is 0 Å². The minimum atomic E-state index is -1.09. The lowest BCUT2D eigenvalue weighted by atomic mass is 9.73. The number of carboxylic acid groups (broad SMARTS) is 1. The first-order valence-electron chi connectivity index (χ1n) is 12.2. The summed E-state index contributed by atoms with van der Waals surface area (Å²) in [6.45, 7) is 7.53. The molecule has 0 aromatic carbocycles. The van der Waals surface area contributed by atoms with E-state index >= 15 is 0 Å². The van der Waals surface area contributed by atoms with Gasteiger partial charge >= 0.3 is 5.97 Å². The second-order valence-electron chi connectivity index (χ2n) is 10.5. The summed E-state index contributed by atoms with van der Waals surface area (Å²) in [7, 11) is 4.07. The Bertz CT molecular complexity index is 921. The number of carbonyl (C=O) groups is 4. The Balaban J connectivity index is 1.42. The molecule has 10 heteroatoms. The largest absolute Gasteiger partial charge is 0.477 e. The quantitative estimate of drug-likeness (QED) is 0.483. The van der Waals surface area contributed by atoms with E-state index in [1.807, 2.05) is 32.8 Å². The van der Waals surface area contributed by atoms with Crippen LogP contribution in [0.2, 0.25) is 0 Å². The lowest BCUT2D eigenvalue weighted by Gasteiger charge is -2.47. The van der Waals surface area contributed by atoms with Crippen LogP contribution < -0.4 is 5.32 Å². The number of hydrogen-bond acceptors (Lipinski definition) is 7. The van der Waals surface area contributed by atoms with Crippen molar-refractivity contribution in [1.82, 2.24) is 20.0 Å². The number of Topliss-reactive ketones (excluding diaryl/α,β-unsaturated/α-hetero) is 1. The average molecular weight is 493 g/mol. The molecule has 0 bridgehead atoms. The Morgan fingerprint density at radius 2 is 2.00 bits per heavy atom. The van der Waals surface area contributed by atoms with Crippen LogP contribution in [0.5, 0.6) is 0 Å². The van der Waals surface area contributed by atoms with Crippen molar-refractivity contribution >= 4 is 35.3 Å². The average Bonchev–Trinajstić information content (AvgIpc) is 3.46. The van der Waals surface area contributed by atoms with Crippen LogP contribution in [0.4, 0.5) is 0 Å². The molecule has 0 spiro atoms. The number of likely N-dealkylation sites (N-methyl/N-ethyl adjacent to an activating group) is 1. The Labute approximate surface area is 205 Å². The third-order valence-corrected chi connectivity index (χ3v) is 9.41. The van der Waals surface area contributed by atoms with Gasteiger partial charge in [-0.25, -0.2) is 4.79 Å². The molecule has 9 nitrogen and oxygen atoms in total. The lowest BCUT2D eigenvalue weighted by Crippen LogP contribution is -2.62. The predicted molar refractivity (Wildman–Crippen MR) is 129 cm³/mol. The molecule has 4 heterocycles. The highest BCUT2D eigenvalue weighted by atomic mass is 32.2. The van der Waals surface area contributed by atoms with E-state index in [9.17, 15) is 24.3 Å². The standard InChI is InChI=1S/C24H36N4O5S/c1-12(8-13(2)29)18-19-14(3)21(20(24(32)33)28(19)23(18)31)34-16-9-17(25-10-16)22(30)27-7-6-15(11-27)26(4)5/h12,14-19,25H,6-11H2,1-5H3,(H,32,33)/t12-,14+,15-,16?,17?,18+,19+/m0/s1. The Morgan fingerprint density at radius 3 is 2.59 bits per heavy atom. The Hall–Kier alpha value is -1.91. The van der Waals surface area contributed by atoms with Crippen molar-refractivity contribution in [2.45, 2.75) is 63.4 Å². The molecule has 3 saturated heterocycles. The van der Waals surface area contributed by atoms with E-state index in [1.54, 1.807) is 0 Å². The molecule has 2 unspecified atom stereocenters. The maximum atomic E-state index is 13.0. The van der Waals surface area contributed by atoms with Crippen LogP contribution in [0.3, 0.4) is 0 Å². The van der Waals surface area contributed by atoms with Gasteiger partial charge in [-0.05, 0) is 39.8 Å². The number of amides is 2. The zero-order valence-corrected chi connectivity index (χ0v) is 21.4. The van der Waals surface area contributed by atoms with Gasteiger partial charge in [-0.1, -0.05) is 13.8 Å². The molecular formula is C24H36N4O5S. The molecule has 2 N–H and O–H groups in total. The molecule has 4 aliphatic heterocycles. The number of nitrogens with zero attached hydrogens (tertiary/aromatic N) is 3. The Morgan fingerprint density at radius 1 is 1.29 bits per heavy atom. The van der Waals surface area contributed by atoms with Gasteiger partial charge in [0.05, 0.1) is 18.0 Å². The van der Waals surface area contributed by atoms with Gasteiger partial charge in [-0.15, -0.1) is 11.8 Å². The van der Waals surface area contributed by atoms with Crippen molar-refractivity contribution in [1.29, 1.82) is 0 Å². The number of hydrogen-bond donors (Lipinski definition) is 2. The molecule has 188 valence electrons.